The van der Waals surface area contributed by atoms with Gasteiger partial charge >= 0.3 is 0 Å². The summed E-state index contributed by atoms with van der Waals surface area (Å²) in [5, 5.41) is 2.99. The Morgan fingerprint density at radius 1 is 1.42 bits per heavy atom. The van der Waals surface area contributed by atoms with Crippen molar-refractivity contribution in [3.63, 3.8) is 0 Å². The maximum atomic E-state index is 12.0. The molecule has 4 nitrogen and oxygen atoms in total. The van der Waals surface area contributed by atoms with Gasteiger partial charge in [0.2, 0.25) is 5.91 Å². The highest BCUT2D eigenvalue weighted by atomic mass is 79.9. The topological polar surface area (TPSA) is 57.8 Å². The predicted octanol–water partition coefficient (Wildman–Crippen LogP) is 2.98. The van der Waals surface area contributed by atoms with Crippen molar-refractivity contribution in [2.24, 2.45) is 0 Å². The molecule has 1 unspecified atom stereocenters. The summed E-state index contributed by atoms with van der Waals surface area (Å²) in [7, 11) is 0. The van der Waals surface area contributed by atoms with Gasteiger partial charge in [0, 0.05) is 16.9 Å². The minimum atomic E-state index is -0.0575. The van der Waals surface area contributed by atoms with E-state index in [2.05, 4.69) is 31.2 Å². The van der Waals surface area contributed by atoms with Crippen LogP contribution in [0.1, 0.15) is 30.8 Å². The second-order valence-corrected chi connectivity index (χ2v) is 5.22. The van der Waals surface area contributed by atoms with Gasteiger partial charge < -0.3 is 10.3 Å². The van der Waals surface area contributed by atoms with E-state index in [1.165, 1.54) is 0 Å². The number of H-pyrrole nitrogens is 1. The summed E-state index contributed by atoms with van der Waals surface area (Å²) in [5.74, 6) is 0.803. The number of hydrogen-bond donors (Lipinski definition) is 2. The first-order valence-electron chi connectivity index (χ1n) is 6.22. The summed E-state index contributed by atoms with van der Waals surface area (Å²) in [6, 6.07) is 7.70. The van der Waals surface area contributed by atoms with Crippen LogP contribution in [0.3, 0.4) is 0 Å². The molecule has 1 aromatic heterocycles. The summed E-state index contributed by atoms with van der Waals surface area (Å²) < 4.78 is 1.01. The summed E-state index contributed by atoms with van der Waals surface area (Å²) in [4.78, 5) is 19.2. The van der Waals surface area contributed by atoms with Gasteiger partial charge in [0.15, 0.2) is 0 Å². The molecule has 2 rings (SSSR count). The molecule has 2 N–H and O–H groups in total. The largest absolute Gasteiger partial charge is 0.347 e. The minimum Gasteiger partial charge on any atom is -0.347 e. The molecule has 0 aliphatic heterocycles. The third-order valence-corrected chi connectivity index (χ3v) is 3.40. The number of hydrogen-bond acceptors (Lipinski definition) is 2. The molecule has 100 valence electrons. The molecule has 1 aromatic carbocycles. The number of amides is 1. The highest BCUT2D eigenvalue weighted by molar-refractivity contribution is 9.10. The zero-order valence-corrected chi connectivity index (χ0v) is 12.3. The molecule has 19 heavy (non-hydrogen) atoms. The first-order chi connectivity index (χ1) is 9.19. The second kappa shape index (κ2) is 6.52. The molecule has 0 saturated heterocycles. The van der Waals surface area contributed by atoms with Crippen molar-refractivity contribution in [2.45, 2.75) is 25.8 Å². The molecule has 0 aliphatic rings. The lowest BCUT2D eigenvalue weighted by atomic mass is 10.1. The standard InChI is InChI=1S/C14H16BrN3O/c1-2-12(14-16-7-8-17-14)18-13(19)9-10-3-5-11(15)6-4-10/h3-8,12H,2,9H2,1H3,(H,16,17)(H,18,19). The molecule has 0 spiro atoms. The Morgan fingerprint density at radius 3 is 2.74 bits per heavy atom. The number of carbonyl (C=O) groups is 1. The summed E-state index contributed by atoms with van der Waals surface area (Å²) >= 11 is 3.38. The zero-order chi connectivity index (χ0) is 13.7. The van der Waals surface area contributed by atoms with Crippen LogP contribution in [0.2, 0.25) is 0 Å². The molecule has 1 atom stereocenters. The second-order valence-electron chi connectivity index (χ2n) is 4.31. The molecule has 1 amide bonds. The van der Waals surface area contributed by atoms with Crippen LogP contribution in [0.5, 0.6) is 0 Å². The third kappa shape index (κ3) is 3.92. The van der Waals surface area contributed by atoms with Crippen molar-refractivity contribution in [1.29, 1.82) is 0 Å². The van der Waals surface area contributed by atoms with Gasteiger partial charge in [-0.05, 0) is 24.1 Å². The Kier molecular flexibility index (Phi) is 4.74. The van der Waals surface area contributed by atoms with Crippen molar-refractivity contribution in [3.8, 4) is 0 Å². The number of aromatic nitrogens is 2. The fourth-order valence-corrected chi connectivity index (χ4v) is 2.13. The monoisotopic (exact) mass is 321 g/mol. The van der Waals surface area contributed by atoms with Gasteiger partial charge in [-0.1, -0.05) is 35.0 Å². The number of nitrogens with zero attached hydrogens (tertiary/aromatic N) is 1. The maximum Gasteiger partial charge on any atom is 0.225 e. The first-order valence-corrected chi connectivity index (χ1v) is 7.01. The molecular formula is C14H16BrN3O. The van der Waals surface area contributed by atoms with Crippen LogP contribution in [0, 0.1) is 0 Å². The van der Waals surface area contributed by atoms with Crippen molar-refractivity contribution in [3.05, 3.63) is 52.5 Å². The first kappa shape index (κ1) is 13.8. The molecular weight excluding hydrogens is 306 g/mol. The van der Waals surface area contributed by atoms with E-state index in [9.17, 15) is 4.79 Å². The highest BCUT2D eigenvalue weighted by Crippen LogP contribution is 2.13. The average Bonchev–Trinajstić information content (AvgIpc) is 2.92. The number of carbonyl (C=O) groups excluding carboxylic acids is 1. The van der Waals surface area contributed by atoms with Crippen LogP contribution < -0.4 is 5.32 Å². The lowest BCUT2D eigenvalue weighted by molar-refractivity contribution is -0.121. The Hall–Kier alpha value is -1.62. The van der Waals surface area contributed by atoms with Crippen molar-refractivity contribution >= 4 is 21.8 Å². The molecule has 0 bridgehead atoms. The predicted molar refractivity (Wildman–Crippen MR) is 77.6 cm³/mol. The Balaban J connectivity index is 1.95. The Labute approximate surface area is 120 Å². The van der Waals surface area contributed by atoms with E-state index in [0.29, 0.717) is 6.42 Å². The molecule has 2 aromatic rings. The van der Waals surface area contributed by atoms with E-state index in [0.717, 1.165) is 22.3 Å². The van der Waals surface area contributed by atoms with Crippen LogP contribution in [0.15, 0.2) is 41.1 Å². The molecule has 1 heterocycles. The zero-order valence-electron chi connectivity index (χ0n) is 10.7. The number of benzene rings is 1. The van der Waals surface area contributed by atoms with Crippen LogP contribution in [0.4, 0.5) is 0 Å². The summed E-state index contributed by atoms with van der Waals surface area (Å²) in [6.07, 6.45) is 4.64. The fourth-order valence-electron chi connectivity index (χ4n) is 1.86. The summed E-state index contributed by atoms with van der Waals surface area (Å²) in [5.41, 5.74) is 0.995. The van der Waals surface area contributed by atoms with Gasteiger partial charge in [-0.15, -0.1) is 0 Å². The third-order valence-electron chi connectivity index (χ3n) is 2.87. The quantitative estimate of drug-likeness (QED) is 0.889. The van der Waals surface area contributed by atoms with Gasteiger partial charge in [-0.2, -0.15) is 0 Å². The fraction of sp³-hybridized carbons (Fsp3) is 0.286. The number of nitrogens with one attached hydrogen (secondary N) is 2. The van der Waals surface area contributed by atoms with E-state index in [4.69, 9.17) is 0 Å². The van der Waals surface area contributed by atoms with Gasteiger partial charge in [0.1, 0.15) is 5.82 Å². The van der Waals surface area contributed by atoms with Gasteiger partial charge in [-0.25, -0.2) is 4.98 Å². The highest BCUT2D eigenvalue weighted by Gasteiger charge is 2.14. The molecule has 0 radical (unpaired) electrons. The number of rotatable bonds is 5. The molecule has 0 saturated carbocycles. The molecule has 5 heteroatoms. The van der Waals surface area contributed by atoms with Crippen LogP contribution >= 0.6 is 15.9 Å². The van der Waals surface area contributed by atoms with Crippen molar-refractivity contribution in [2.75, 3.05) is 0 Å². The van der Waals surface area contributed by atoms with Gasteiger partial charge in [-0.3, -0.25) is 4.79 Å². The van der Waals surface area contributed by atoms with Gasteiger partial charge in [0.05, 0.1) is 12.5 Å². The van der Waals surface area contributed by atoms with E-state index in [-0.39, 0.29) is 11.9 Å². The smallest absolute Gasteiger partial charge is 0.225 e. The molecule has 0 fully saturated rings. The number of halogens is 1. The van der Waals surface area contributed by atoms with E-state index in [1.807, 2.05) is 31.2 Å². The normalized spacial score (nSPS) is 12.1. The van der Waals surface area contributed by atoms with E-state index in [1.54, 1.807) is 12.4 Å². The van der Waals surface area contributed by atoms with Crippen molar-refractivity contribution in [1.82, 2.24) is 15.3 Å². The number of aromatic amines is 1. The Morgan fingerprint density at radius 2 is 2.16 bits per heavy atom. The van der Waals surface area contributed by atoms with Crippen LogP contribution in [-0.4, -0.2) is 15.9 Å². The van der Waals surface area contributed by atoms with Crippen LogP contribution in [-0.2, 0) is 11.2 Å². The van der Waals surface area contributed by atoms with E-state index >= 15 is 0 Å². The molecule has 0 aliphatic carbocycles. The summed E-state index contributed by atoms with van der Waals surface area (Å²) in [6.45, 7) is 2.02. The minimum absolute atomic E-state index is 0.00516. The lowest BCUT2D eigenvalue weighted by Gasteiger charge is -2.14. The van der Waals surface area contributed by atoms with Crippen LogP contribution in [0.25, 0.3) is 0 Å². The Bertz CT molecular complexity index is 522. The van der Waals surface area contributed by atoms with E-state index < -0.39 is 0 Å². The lowest BCUT2D eigenvalue weighted by Crippen LogP contribution is -2.30. The average molecular weight is 322 g/mol. The van der Waals surface area contributed by atoms with Crippen molar-refractivity contribution < 1.29 is 4.79 Å². The number of imidazole rings is 1. The maximum absolute atomic E-state index is 12.0. The SMILES string of the molecule is CCC(NC(=O)Cc1ccc(Br)cc1)c1ncc[nH]1. The van der Waals surface area contributed by atoms with Gasteiger partial charge in [0.25, 0.3) is 0 Å².